The molecule has 2 N–H and O–H groups in total. The van der Waals surface area contributed by atoms with Crippen molar-refractivity contribution in [2.45, 2.75) is 37.5 Å². The van der Waals surface area contributed by atoms with Crippen LogP contribution in [0.3, 0.4) is 0 Å². The Bertz CT molecular complexity index is 1570. The van der Waals surface area contributed by atoms with Gasteiger partial charge in [-0.3, -0.25) is 0 Å². The fourth-order valence-electron chi connectivity index (χ4n) is 4.33. The Morgan fingerprint density at radius 2 is 1.29 bits per heavy atom. The second kappa shape index (κ2) is 13.4. The van der Waals surface area contributed by atoms with E-state index < -0.39 is 65.7 Å². The van der Waals surface area contributed by atoms with Gasteiger partial charge in [-0.1, -0.05) is 36.4 Å². The summed E-state index contributed by atoms with van der Waals surface area (Å²) in [7, 11) is 0. The molecule has 0 amide bonds. The number of halogens is 10. The standard InChI is InChI=1S/C31H23F10NO3/c32-26-13-10-22(30(36,37)38)15-25(26)28(42-16-27(43)19-6-8-21(9-7-19)29(33,34)35)20-2-1-3-24(14-20)44-17-18-4-11-23(12-5-18)45-31(39,40)41/h1-15,27-28,42-43H,16-17H2. The third-order valence-electron chi connectivity index (χ3n) is 6.53. The number of benzene rings is 4. The van der Waals surface area contributed by atoms with Gasteiger partial charge in [0, 0.05) is 12.1 Å². The van der Waals surface area contributed by atoms with Crippen molar-refractivity contribution < 1.29 is 58.5 Å². The Kier molecular flexibility index (Phi) is 9.98. The summed E-state index contributed by atoms with van der Waals surface area (Å²) in [5.41, 5.74) is -1.78. The largest absolute Gasteiger partial charge is 0.573 e. The van der Waals surface area contributed by atoms with E-state index >= 15 is 4.39 Å². The second-order valence-corrected chi connectivity index (χ2v) is 9.76. The van der Waals surface area contributed by atoms with Crippen LogP contribution in [-0.2, 0) is 19.0 Å². The van der Waals surface area contributed by atoms with Crippen LogP contribution in [-0.4, -0.2) is 18.0 Å². The minimum atomic E-state index is -4.87. The third kappa shape index (κ3) is 9.35. The van der Waals surface area contributed by atoms with Crippen LogP contribution < -0.4 is 14.8 Å². The molecule has 2 atom stereocenters. The van der Waals surface area contributed by atoms with E-state index in [9.17, 15) is 44.6 Å². The topological polar surface area (TPSA) is 50.7 Å². The molecule has 0 saturated carbocycles. The van der Waals surface area contributed by atoms with Crippen molar-refractivity contribution in [3.05, 3.63) is 130 Å². The molecule has 0 radical (unpaired) electrons. The molecule has 0 aliphatic carbocycles. The van der Waals surface area contributed by atoms with Crippen molar-refractivity contribution in [1.82, 2.24) is 5.32 Å². The SMILES string of the molecule is OC(CNC(c1cccc(OCc2ccc(OC(F)(F)F)cc2)c1)c1cc(C(F)(F)F)ccc1F)c1ccc(C(F)(F)F)cc1. The summed E-state index contributed by atoms with van der Waals surface area (Å²) in [6.45, 7) is -0.526. The number of ether oxygens (including phenoxy) is 2. The Morgan fingerprint density at radius 3 is 1.89 bits per heavy atom. The minimum Gasteiger partial charge on any atom is -0.489 e. The van der Waals surface area contributed by atoms with Gasteiger partial charge in [0.2, 0.25) is 0 Å². The van der Waals surface area contributed by atoms with Gasteiger partial charge in [-0.15, -0.1) is 13.2 Å². The highest BCUT2D eigenvalue weighted by molar-refractivity contribution is 5.40. The lowest BCUT2D eigenvalue weighted by atomic mass is 9.95. The van der Waals surface area contributed by atoms with Gasteiger partial charge in [0.15, 0.2) is 0 Å². The highest BCUT2D eigenvalue weighted by Crippen LogP contribution is 2.35. The normalized spacial score (nSPS) is 13.8. The van der Waals surface area contributed by atoms with Crippen LogP contribution >= 0.6 is 0 Å². The molecule has 0 aliphatic heterocycles. The molecular formula is C31H23F10NO3. The molecule has 0 bridgehead atoms. The van der Waals surface area contributed by atoms with Crippen LogP contribution in [0.5, 0.6) is 11.5 Å². The molecular weight excluding hydrogens is 624 g/mol. The molecule has 14 heteroatoms. The maximum Gasteiger partial charge on any atom is 0.573 e. The number of aliphatic hydroxyl groups excluding tert-OH is 1. The van der Waals surface area contributed by atoms with E-state index in [1.54, 1.807) is 0 Å². The molecule has 0 saturated heterocycles. The lowest BCUT2D eigenvalue weighted by Gasteiger charge is -2.24. The lowest BCUT2D eigenvalue weighted by molar-refractivity contribution is -0.274. The Balaban J connectivity index is 1.58. The average molecular weight is 648 g/mol. The van der Waals surface area contributed by atoms with Crippen molar-refractivity contribution in [1.29, 1.82) is 0 Å². The van der Waals surface area contributed by atoms with E-state index in [4.69, 9.17) is 4.74 Å². The number of aliphatic hydroxyl groups is 1. The van der Waals surface area contributed by atoms with Crippen molar-refractivity contribution in [3.8, 4) is 11.5 Å². The lowest BCUT2D eigenvalue weighted by Crippen LogP contribution is -2.28. The smallest absolute Gasteiger partial charge is 0.489 e. The van der Waals surface area contributed by atoms with Gasteiger partial charge in [-0.2, -0.15) is 26.3 Å². The number of alkyl halides is 9. The summed E-state index contributed by atoms with van der Waals surface area (Å²) in [5, 5.41) is 13.4. The highest BCUT2D eigenvalue weighted by atomic mass is 19.4. The van der Waals surface area contributed by atoms with Crippen LogP contribution in [0.4, 0.5) is 43.9 Å². The maximum atomic E-state index is 15.0. The van der Waals surface area contributed by atoms with Gasteiger partial charge in [-0.25, -0.2) is 4.39 Å². The van der Waals surface area contributed by atoms with E-state index in [1.165, 1.54) is 36.4 Å². The molecule has 4 nitrogen and oxygen atoms in total. The molecule has 0 aliphatic rings. The van der Waals surface area contributed by atoms with Crippen molar-refractivity contribution in [2.75, 3.05) is 6.54 Å². The highest BCUT2D eigenvalue weighted by Gasteiger charge is 2.33. The van der Waals surface area contributed by atoms with Crippen LogP contribution in [0.15, 0.2) is 91.0 Å². The first-order valence-corrected chi connectivity index (χ1v) is 13.0. The van der Waals surface area contributed by atoms with Gasteiger partial charge in [0.25, 0.3) is 0 Å². The molecule has 0 fully saturated rings. The monoisotopic (exact) mass is 647 g/mol. The number of hydrogen-bond acceptors (Lipinski definition) is 4. The predicted molar refractivity (Wildman–Crippen MR) is 142 cm³/mol. The minimum absolute atomic E-state index is 0.0718. The predicted octanol–water partition coefficient (Wildman–Crippen LogP) is 8.75. The van der Waals surface area contributed by atoms with Crippen LogP contribution in [0.25, 0.3) is 0 Å². The zero-order chi connectivity index (χ0) is 33.0. The molecule has 4 rings (SSSR count). The van der Waals surface area contributed by atoms with Gasteiger partial charge >= 0.3 is 18.7 Å². The van der Waals surface area contributed by atoms with Crippen LogP contribution in [0.1, 0.15) is 45.5 Å². The van der Waals surface area contributed by atoms with E-state index in [0.29, 0.717) is 23.8 Å². The summed E-state index contributed by atoms with van der Waals surface area (Å²) in [4.78, 5) is 0. The zero-order valence-electron chi connectivity index (χ0n) is 22.8. The van der Waals surface area contributed by atoms with Crippen molar-refractivity contribution in [3.63, 3.8) is 0 Å². The van der Waals surface area contributed by atoms with Crippen molar-refractivity contribution in [2.24, 2.45) is 0 Å². The fourth-order valence-corrected chi connectivity index (χ4v) is 4.33. The number of hydrogen-bond donors (Lipinski definition) is 2. The third-order valence-corrected chi connectivity index (χ3v) is 6.53. The van der Waals surface area contributed by atoms with Gasteiger partial charge in [0.1, 0.15) is 23.9 Å². The second-order valence-electron chi connectivity index (χ2n) is 9.76. The van der Waals surface area contributed by atoms with Gasteiger partial charge in [-0.05, 0) is 71.3 Å². The first kappa shape index (κ1) is 33.6. The summed E-state index contributed by atoms with van der Waals surface area (Å²) < 4.78 is 141. The quantitative estimate of drug-likeness (QED) is 0.169. The fraction of sp³-hybridized carbons (Fsp3) is 0.226. The molecule has 0 heterocycles. The summed E-state index contributed by atoms with van der Waals surface area (Å²) >= 11 is 0. The van der Waals surface area contributed by atoms with Gasteiger partial charge in [0.05, 0.1) is 23.3 Å². The van der Waals surface area contributed by atoms with Crippen LogP contribution in [0, 0.1) is 5.82 Å². The molecule has 0 spiro atoms. The molecule has 0 aromatic heterocycles. The Morgan fingerprint density at radius 1 is 0.667 bits per heavy atom. The molecule has 4 aromatic carbocycles. The molecule has 45 heavy (non-hydrogen) atoms. The first-order valence-electron chi connectivity index (χ1n) is 13.0. The average Bonchev–Trinajstić information content (AvgIpc) is 2.96. The number of nitrogens with one attached hydrogen (secondary N) is 1. The summed E-state index contributed by atoms with van der Waals surface area (Å²) in [5.74, 6) is -1.27. The Hall–Kier alpha value is -4.30. The molecule has 4 aromatic rings. The first-order chi connectivity index (χ1) is 21.0. The summed E-state index contributed by atoms with van der Waals surface area (Å²) in [6, 6.07) is 14.8. The van der Waals surface area contributed by atoms with Gasteiger partial charge < -0.3 is 19.9 Å². The summed E-state index contributed by atoms with van der Waals surface area (Å²) in [6.07, 6.45) is -15.7. The molecule has 2 unspecified atom stereocenters. The van der Waals surface area contributed by atoms with E-state index in [-0.39, 0.29) is 23.5 Å². The Labute approximate surface area is 249 Å². The van der Waals surface area contributed by atoms with E-state index in [0.717, 1.165) is 36.4 Å². The van der Waals surface area contributed by atoms with Crippen LogP contribution in [0.2, 0.25) is 0 Å². The maximum absolute atomic E-state index is 15.0. The molecule has 240 valence electrons. The van der Waals surface area contributed by atoms with E-state index in [1.807, 2.05) is 0 Å². The zero-order valence-corrected chi connectivity index (χ0v) is 22.8. The number of rotatable bonds is 10. The van der Waals surface area contributed by atoms with Crippen molar-refractivity contribution >= 4 is 0 Å². The van der Waals surface area contributed by atoms with E-state index in [2.05, 4.69) is 10.1 Å².